The Bertz CT molecular complexity index is 570. The standard InChI is InChI=1S/C13H20N4O2S/c1-13(2,20-3)10(14)12(19)17-5-4-8-9(6-17)15-7-16-11(8)18/h7,10H,4-6,14H2,1-3H3,(H,15,16,18)/t10-/m1/s1. The lowest BCUT2D eigenvalue weighted by molar-refractivity contribution is -0.134. The minimum absolute atomic E-state index is 0.0860. The molecule has 1 aromatic rings. The highest BCUT2D eigenvalue weighted by atomic mass is 32.2. The Morgan fingerprint density at radius 1 is 1.60 bits per heavy atom. The molecule has 0 radical (unpaired) electrons. The number of rotatable bonds is 3. The van der Waals surface area contributed by atoms with Gasteiger partial charge in [-0.05, 0) is 26.5 Å². The molecule has 1 amide bonds. The summed E-state index contributed by atoms with van der Waals surface area (Å²) in [6.07, 6.45) is 3.84. The molecule has 2 rings (SSSR count). The van der Waals surface area contributed by atoms with E-state index in [1.54, 1.807) is 16.7 Å². The van der Waals surface area contributed by atoms with Crippen molar-refractivity contribution >= 4 is 17.7 Å². The van der Waals surface area contributed by atoms with Gasteiger partial charge in [-0.25, -0.2) is 4.98 Å². The van der Waals surface area contributed by atoms with E-state index in [0.29, 0.717) is 30.8 Å². The van der Waals surface area contributed by atoms with Gasteiger partial charge in [0.1, 0.15) is 0 Å². The summed E-state index contributed by atoms with van der Waals surface area (Å²) >= 11 is 1.57. The number of nitrogens with zero attached hydrogens (tertiary/aromatic N) is 2. The summed E-state index contributed by atoms with van der Waals surface area (Å²) < 4.78 is -0.320. The lowest BCUT2D eigenvalue weighted by atomic mass is 10.0. The van der Waals surface area contributed by atoms with Crippen LogP contribution < -0.4 is 11.3 Å². The fourth-order valence-electron chi connectivity index (χ4n) is 2.17. The summed E-state index contributed by atoms with van der Waals surface area (Å²) in [5, 5.41) is 0. The first-order valence-electron chi connectivity index (χ1n) is 6.51. The van der Waals surface area contributed by atoms with Gasteiger partial charge in [-0.3, -0.25) is 9.59 Å². The first-order chi connectivity index (χ1) is 9.36. The van der Waals surface area contributed by atoms with E-state index < -0.39 is 6.04 Å². The van der Waals surface area contributed by atoms with Crippen molar-refractivity contribution in [2.45, 2.75) is 37.6 Å². The van der Waals surface area contributed by atoms with Crippen LogP contribution in [0.4, 0.5) is 0 Å². The molecular formula is C13H20N4O2S. The Hall–Kier alpha value is -1.34. The van der Waals surface area contributed by atoms with Crippen LogP contribution in [-0.4, -0.2) is 44.4 Å². The van der Waals surface area contributed by atoms with E-state index >= 15 is 0 Å². The van der Waals surface area contributed by atoms with Crippen molar-refractivity contribution < 1.29 is 4.79 Å². The molecule has 1 aromatic heterocycles. The topological polar surface area (TPSA) is 92.1 Å². The van der Waals surface area contributed by atoms with Crippen molar-refractivity contribution in [1.82, 2.24) is 14.9 Å². The Morgan fingerprint density at radius 3 is 2.95 bits per heavy atom. The molecule has 0 fully saturated rings. The van der Waals surface area contributed by atoms with Gasteiger partial charge in [-0.2, -0.15) is 11.8 Å². The zero-order valence-electron chi connectivity index (χ0n) is 12.0. The third kappa shape index (κ3) is 2.73. The summed E-state index contributed by atoms with van der Waals surface area (Å²) in [6, 6.07) is -0.568. The van der Waals surface area contributed by atoms with Crippen molar-refractivity contribution in [3.05, 3.63) is 27.9 Å². The van der Waals surface area contributed by atoms with Crippen LogP contribution in [0, 0.1) is 0 Å². The average molecular weight is 296 g/mol. The lowest BCUT2D eigenvalue weighted by Crippen LogP contribution is -2.54. The molecule has 0 unspecified atom stereocenters. The third-order valence-corrected chi connectivity index (χ3v) is 5.17. The summed E-state index contributed by atoms with van der Waals surface area (Å²) in [4.78, 5) is 32.5. The molecule has 1 atom stereocenters. The van der Waals surface area contributed by atoms with E-state index in [1.165, 1.54) is 6.33 Å². The molecule has 110 valence electrons. The van der Waals surface area contributed by atoms with Gasteiger partial charge in [0.2, 0.25) is 5.91 Å². The Morgan fingerprint density at radius 2 is 2.30 bits per heavy atom. The highest BCUT2D eigenvalue weighted by molar-refractivity contribution is 8.00. The number of aromatic nitrogens is 2. The molecular weight excluding hydrogens is 276 g/mol. The molecule has 0 aliphatic carbocycles. The number of amides is 1. The van der Waals surface area contributed by atoms with Crippen molar-refractivity contribution in [1.29, 1.82) is 0 Å². The average Bonchev–Trinajstić information content (AvgIpc) is 2.45. The number of carbonyl (C=O) groups excluding carboxylic acids is 1. The summed E-state index contributed by atoms with van der Waals surface area (Å²) in [5.41, 5.74) is 7.32. The second kappa shape index (κ2) is 5.57. The van der Waals surface area contributed by atoms with Crippen LogP contribution in [0.5, 0.6) is 0 Å². The van der Waals surface area contributed by atoms with E-state index in [-0.39, 0.29) is 16.2 Å². The van der Waals surface area contributed by atoms with E-state index in [4.69, 9.17) is 5.73 Å². The van der Waals surface area contributed by atoms with Crippen molar-refractivity contribution in [3.8, 4) is 0 Å². The molecule has 0 saturated carbocycles. The van der Waals surface area contributed by atoms with Crippen LogP contribution in [0.25, 0.3) is 0 Å². The number of aromatic amines is 1. The smallest absolute Gasteiger partial charge is 0.254 e. The maximum atomic E-state index is 12.5. The first kappa shape index (κ1) is 15.1. The van der Waals surface area contributed by atoms with E-state index in [9.17, 15) is 9.59 Å². The predicted octanol–water partition coefficient (Wildman–Crippen LogP) is 0.123. The van der Waals surface area contributed by atoms with Gasteiger partial charge in [0, 0.05) is 16.9 Å². The van der Waals surface area contributed by atoms with Gasteiger partial charge in [-0.15, -0.1) is 0 Å². The fourth-order valence-corrected chi connectivity index (χ4v) is 2.53. The SMILES string of the molecule is CSC(C)(C)[C@H](N)C(=O)N1CCc2c(nc[nH]c2=O)C1. The summed E-state index contributed by atoms with van der Waals surface area (Å²) in [5.74, 6) is -0.0860. The number of thioether (sulfide) groups is 1. The number of carbonyl (C=O) groups is 1. The van der Waals surface area contributed by atoms with Gasteiger partial charge >= 0.3 is 0 Å². The first-order valence-corrected chi connectivity index (χ1v) is 7.74. The normalized spacial score (nSPS) is 16.7. The lowest BCUT2D eigenvalue weighted by Gasteiger charge is -2.35. The number of H-pyrrole nitrogens is 1. The zero-order valence-corrected chi connectivity index (χ0v) is 12.8. The number of nitrogens with two attached hydrogens (primary N) is 1. The van der Waals surface area contributed by atoms with Crippen molar-refractivity contribution in [2.75, 3.05) is 12.8 Å². The molecule has 0 bridgehead atoms. The molecule has 1 aliphatic rings. The highest BCUT2D eigenvalue weighted by Crippen LogP contribution is 2.26. The second-order valence-corrected chi connectivity index (χ2v) is 6.91. The molecule has 20 heavy (non-hydrogen) atoms. The third-order valence-electron chi connectivity index (χ3n) is 3.86. The van der Waals surface area contributed by atoms with Crippen LogP contribution in [-0.2, 0) is 17.8 Å². The largest absolute Gasteiger partial charge is 0.335 e. The highest BCUT2D eigenvalue weighted by Gasteiger charge is 2.35. The summed E-state index contributed by atoms with van der Waals surface area (Å²) in [7, 11) is 0. The second-order valence-electron chi connectivity index (χ2n) is 5.45. The van der Waals surface area contributed by atoms with E-state index in [1.807, 2.05) is 20.1 Å². The number of fused-ring (bicyclic) bond motifs is 1. The molecule has 7 heteroatoms. The van der Waals surface area contributed by atoms with Crippen molar-refractivity contribution in [3.63, 3.8) is 0 Å². The Kier molecular flexibility index (Phi) is 4.19. The van der Waals surface area contributed by atoms with E-state index in [0.717, 1.165) is 0 Å². The molecule has 6 nitrogen and oxygen atoms in total. The minimum Gasteiger partial charge on any atom is -0.335 e. The monoisotopic (exact) mass is 296 g/mol. The minimum atomic E-state index is -0.568. The van der Waals surface area contributed by atoms with E-state index in [2.05, 4.69) is 9.97 Å². The van der Waals surface area contributed by atoms with Gasteiger partial charge in [-0.1, -0.05) is 0 Å². The molecule has 0 spiro atoms. The number of nitrogens with one attached hydrogen (secondary N) is 1. The van der Waals surface area contributed by atoms with Crippen LogP contribution in [0.2, 0.25) is 0 Å². The summed E-state index contributed by atoms with van der Waals surface area (Å²) in [6.45, 7) is 4.79. The molecule has 3 N–H and O–H groups in total. The van der Waals surface area contributed by atoms with Gasteiger partial charge in [0.15, 0.2) is 0 Å². The predicted molar refractivity (Wildman–Crippen MR) is 79.5 cm³/mol. The van der Waals surface area contributed by atoms with Gasteiger partial charge < -0.3 is 15.6 Å². The number of hydrogen-bond acceptors (Lipinski definition) is 5. The van der Waals surface area contributed by atoms with Crippen LogP contribution in [0.15, 0.2) is 11.1 Å². The van der Waals surface area contributed by atoms with Gasteiger partial charge in [0.25, 0.3) is 5.56 Å². The molecule has 0 saturated heterocycles. The Labute approximate surface area is 122 Å². The van der Waals surface area contributed by atoms with Crippen LogP contribution >= 0.6 is 11.8 Å². The maximum Gasteiger partial charge on any atom is 0.254 e. The van der Waals surface area contributed by atoms with Crippen LogP contribution in [0.1, 0.15) is 25.1 Å². The van der Waals surface area contributed by atoms with Gasteiger partial charge in [0.05, 0.1) is 24.6 Å². The quantitative estimate of drug-likeness (QED) is 0.827. The molecule has 1 aliphatic heterocycles. The zero-order chi connectivity index (χ0) is 14.9. The van der Waals surface area contributed by atoms with Crippen molar-refractivity contribution in [2.24, 2.45) is 5.73 Å². The maximum absolute atomic E-state index is 12.5. The van der Waals surface area contributed by atoms with Crippen LogP contribution in [0.3, 0.4) is 0 Å². The molecule has 2 heterocycles. The molecule has 0 aromatic carbocycles. The fraction of sp³-hybridized carbons (Fsp3) is 0.615. The Balaban J connectivity index is 2.17. The number of hydrogen-bond donors (Lipinski definition) is 2.